The van der Waals surface area contributed by atoms with Gasteiger partial charge in [-0.1, -0.05) is 24.1 Å². The molecule has 0 bridgehead atoms. The van der Waals surface area contributed by atoms with Crippen molar-refractivity contribution in [3.63, 3.8) is 0 Å². The molecule has 0 amide bonds. The molecular weight excluding hydrogens is 387 g/mol. The molecule has 0 atom stereocenters. The third-order valence-corrected chi connectivity index (χ3v) is 3.25. The number of guanidine groups is 1. The zero-order chi connectivity index (χ0) is 14.9. The lowest BCUT2D eigenvalue weighted by Crippen LogP contribution is -2.37. The first-order chi connectivity index (χ1) is 10.3. The maximum atomic E-state index is 5.25. The van der Waals surface area contributed by atoms with Gasteiger partial charge in [0.25, 0.3) is 0 Å². The van der Waals surface area contributed by atoms with Crippen LogP contribution in [0.15, 0.2) is 35.5 Å². The first-order valence-electron chi connectivity index (χ1n) is 7.35. The Balaban J connectivity index is 0.00000242. The number of rotatable bonds is 6. The van der Waals surface area contributed by atoms with Crippen molar-refractivity contribution in [2.24, 2.45) is 4.99 Å². The number of aromatic amines is 1. The first kappa shape index (κ1) is 18.4. The van der Waals surface area contributed by atoms with Crippen molar-refractivity contribution in [3.05, 3.63) is 36.0 Å². The average Bonchev–Trinajstić information content (AvgIpc) is 2.92. The molecule has 0 radical (unpaired) electrons. The van der Waals surface area contributed by atoms with E-state index in [1.54, 1.807) is 0 Å². The minimum absolute atomic E-state index is 0. The number of aromatic nitrogens is 1. The molecule has 5 heteroatoms. The smallest absolute Gasteiger partial charge is 0.192 e. The largest absolute Gasteiger partial charge is 0.361 e. The average molecular weight is 410 g/mol. The number of hydrogen-bond donors (Lipinski definition) is 3. The van der Waals surface area contributed by atoms with E-state index in [0.717, 1.165) is 31.9 Å². The Hall–Kier alpha value is -1.68. The van der Waals surface area contributed by atoms with Crippen LogP contribution in [0.1, 0.15) is 18.9 Å². The monoisotopic (exact) mass is 410 g/mol. The summed E-state index contributed by atoms with van der Waals surface area (Å²) in [6.45, 7) is 4.14. The Morgan fingerprint density at radius 3 is 2.91 bits per heavy atom. The lowest BCUT2D eigenvalue weighted by Gasteiger charge is -2.08. The van der Waals surface area contributed by atoms with E-state index in [9.17, 15) is 0 Å². The summed E-state index contributed by atoms with van der Waals surface area (Å²) in [7, 11) is 0. The van der Waals surface area contributed by atoms with Gasteiger partial charge < -0.3 is 15.6 Å². The number of H-pyrrole nitrogens is 1. The number of benzene rings is 1. The SMILES string of the molecule is C#CCNC(=NCCCc1c[nH]c2ccccc12)NCC.I. The van der Waals surface area contributed by atoms with E-state index in [1.165, 1.54) is 16.5 Å². The Labute approximate surface area is 149 Å². The fourth-order valence-corrected chi connectivity index (χ4v) is 2.28. The van der Waals surface area contributed by atoms with Crippen LogP contribution in [0.25, 0.3) is 10.9 Å². The molecule has 2 aromatic rings. The fourth-order valence-electron chi connectivity index (χ4n) is 2.28. The molecule has 0 fully saturated rings. The van der Waals surface area contributed by atoms with Gasteiger partial charge in [-0.25, -0.2) is 0 Å². The van der Waals surface area contributed by atoms with E-state index in [0.29, 0.717) is 6.54 Å². The number of nitrogens with one attached hydrogen (secondary N) is 3. The zero-order valence-electron chi connectivity index (χ0n) is 12.9. The van der Waals surface area contributed by atoms with Crippen LogP contribution in [0, 0.1) is 12.3 Å². The Kier molecular flexibility index (Phi) is 8.44. The van der Waals surface area contributed by atoms with E-state index in [-0.39, 0.29) is 24.0 Å². The standard InChI is InChI=1S/C17H22N4.HI/c1-3-11-19-17(18-4-2)20-12-7-8-14-13-21-16-10-6-5-9-15(14)16;/h1,5-6,9-10,13,21H,4,7-8,11-12H2,2H3,(H2,18,19,20);1H. The maximum absolute atomic E-state index is 5.25. The van der Waals surface area contributed by atoms with E-state index < -0.39 is 0 Å². The molecule has 0 saturated heterocycles. The molecule has 22 heavy (non-hydrogen) atoms. The Morgan fingerprint density at radius 2 is 2.14 bits per heavy atom. The van der Waals surface area contributed by atoms with Gasteiger partial charge in [0.05, 0.1) is 6.54 Å². The van der Waals surface area contributed by atoms with Gasteiger partial charge in [-0.3, -0.25) is 4.99 Å². The molecule has 118 valence electrons. The molecular formula is C17H23IN4. The molecule has 0 aliphatic rings. The second-order valence-electron chi connectivity index (χ2n) is 4.78. The van der Waals surface area contributed by atoms with E-state index in [4.69, 9.17) is 6.42 Å². The third kappa shape index (κ3) is 5.26. The van der Waals surface area contributed by atoms with E-state index >= 15 is 0 Å². The molecule has 1 aromatic heterocycles. The molecule has 1 heterocycles. The number of nitrogens with zero attached hydrogens (tertiary/aromatic N) is 1. The highest BCUT2D eigenvalue weighted by Crippen LogP contribution is 2.18. The van der Waals surface area contributed by atoms with Gasteiger partial charge in [-0.15, -0.1) is 30.4 Å². The number of aliphatic imine (C=N–C) groups is 1. The van der Waals surface area contributed by atoms with Crippen LogP contribution in [-0.2, 0) is 6.42 Å². The summed E-state index contributed by atoms with van der Waals surface area (Å²) in [6, 6.07) is 8.38. The van der Waals surface area contributed by atoms with Gasteiger partial charge in [0, 0.05) is 30.2 Å². The predicted molar refractivity (Wildman–Crippen MR) is 105 cm³/mol. The van der Waals surface area contributed by atoms with Crippen LogP contribution in [0.3, 0.4) is 0 Å². The number of aryl methyl sites for hydroxylation is 1. The first-order valence-corrected chi connectivity index (χ1v) is 7.35. The quantitative estimate of drug-likeness (QED) is 0.226. The number of para-hydroxylation sites is 1. The normalized spacial score (nSPS) is 10.8. The maximum Gasteiger partial charge on any atom is 0.192 e. The second-order valence-corrected chi connectivity index (χ2v) is 4.78. The molecule has 4 nitrogen and oxygen atoms in total. The Bertz CT molecular complexity index is 639. The van der Waals surface area contributed by atoms with Crippen LogP contribution >= 0.6 is 24.0 Å². The highest BCUT2D eigenvalue weighted by atomic mass is 127. The molecule has 1 aromatic carbocycles. The van der Waals surface area contributed by atoms with E-state index in [2.05, 4.69) is 50.9 Å². The predicted octanol–water partition coefficient (Wildman–Crippen LogP) is 2.91. The highest BCUT2D eigenvalue weighted by molar-refractivity contribution is 14.0. The molecule has 0 saturated carbocycles. The van der Waals surface area contributed by atoms with Crippen LogP contribution < -0.4 is 10.6 Å². The van der Waals surface area contributed by atoms with Gasteiger partial charge >= 0.3 is 0 Å². The van der Waals surface area contributed by atoms with Crippen molar-refractivity contribution in [1.29, 1.82) is 0 Å². The molecule has 3 N–H and O–H groups in total. The van der Waals surface area contributed by atoms with Crippen molar-refractivity contribution in [2.45, 2.75) is 19.8 Å². The van der Waals surface area contributed by atoms with Gasteiger partial charge in [0.1, 0.15) is 0 Å². The summed E-state index contributed by atoms with van der Waals surface area (Å²) in [5.41, 5.74) is 2.54. The minimum atomic E-state index is 0. The highest BCUT2D eigenvalue weighted by Gasteiger charge is 2.02. The van der Waals surface area contributed by atoms with Crippen LogP contribution in [0.2, 0.25) is 0 Å². The lowest BCUT2D eigenvalue weighted by atomic mass is 10.1. The zero-order valence-corrected chi connectivity index (χ0v) is 15.2. The van der Waals surface area contributed by atoms with Gasteiger partial charge in [0.15, 0.2) is 5.96 Å². The van der Waals surface area contributed by atoms with Gasteiger partial charge in [0.2, 0.25) is 0 Å². The summed E-state index contributed by atoms with van der Waals surface area (Å²) in [4.78, 5) is 7.82. The Morgan fingerprint density at radius 1 is 1.32 bits per heavy atom. The van der Waals surface area contributed by atoms with Crippen molar-refractivity contribution < 1.29 is 0 Å². The molecule has 0 spiro atoms. The lowest BCUT2D eigenvalue weighted by molar-refractivity contribution is 0.806. The summed E-state index contributed by atoms with van der Waals surface area (Å²) in [5.74, 6) is 3.34. The van der Waals surface area contributed by atoms with Gasteiger partial charge in [-0.05, 0) is 31.4 Å². The number of terminal acetylenes is 1. The summed E-state index contributed by atoms with van der Waals surface area (Å²) in [6.07, 6.45) is 9.36. The molecule has 2 rings (SSSR count). The van der Waals surface area contributed by atoms with Gasteiger partial charge in [-0.2, -0.15) is 0 Å². The van der Waals surface area contributed by atoms with Crippen molar-refractivity contribution in [2.75, 3.05) is 19.6 Å². The summed E-state index contributed by atoms with van der Waals surface area (Å²) < 4.78 is 0. The number of halogens is 1. The van der Waals surface area contributed by atoms with Crippen LogP contribution in [0.5, 0.6) is 0 Å². The number of fused-ring (bicyclic) bond motifs is 1. The van der Waals surface area contributed by atoms with Crippen molar-refractivity contribution >= 4 is 40.8 Å². The molecule has 0 aliphatic heterocycles. The topological polar surface area (TPSA) is 52.2 Å². The fraction of sp³-hybridized carbons (Fsp3) is 0.353. The number of hydrogen-bond acceptors (Lipinski definition) is 1. The summed E-state index contributed by atoms with van der Waals surface area (Å²) in [5, 5.41) is 7.57. The molecule has 0 unspecified atom stereocenters. The minimum Gasteiger partial charge on any atom is -0.361 e. The third-order valence-electron chi connectivity index (χ3n) is 3.25. The second kappa shape index (κ2) is 10.1. The van der Waals surface area contributed by atoms with Crippen molar-refractivity contribution in [1.82, 2.24) is 15.6 Å². The molecule has 0 aliphatic carbocycles. The summed E-state index contributed by atoms with van der Waals surface area (Å²) >= 11 is 0. The van der Waals surface area contributed by atoms with E-state index in [1.807, 2.05) is 13.0 Å². The van der Waals surface area contributed by atoms with Crippen molar-refractivity contribution in [3.8, 4) is 12.3 Å². The van der Waals surface area contributed by atoms with Crippen LogP contribution in [-0.4, -0.2) is 30.6 Å². The van der Waals surface area contributed by atoms with Crippen LogP contribution in [0.4, 0.5) is 0 Å².